The summed E-state index contributed by atoms with van der Waals surface area (Å²) >= 11 is 0. The van der Waals surface area contributed by atoms with E-state index >= 15 is 0 Å². The van der Waals surface area contributed by atoms with Crippen molar-refractivity contribution in [3.63, 3.8) is 0 Å². The second kappa shape index (κ2) is 8.13. The Morgan fingerprint density at radius 3 is 2.55 bits per heavy atom. The van der Waals surface area contributed by atoms with Gasteiger partial charge in [0, 0.05) is 45.0 Å². The lowest BCUT2D eigenvalue weighted by Gasteiger charge is -2.34. The first-order valence-electron chi connectivity index (χ1n) is 10.0. The molecule has 3 atom stereocenters. The summed E-state index contributed by atoms with van der Waals surface area (Å²) in [4.78, 5) is 36.3. The van der Waals surface area contributed by atoms with Crippen molar-refractivity contribution >= 4 is 27.7 Å². The van der Waals surface area contributed by atoms with Gasteiger partial charge in [-0.15, -0.1) is 0 Å². The van der Waals surface area contributed by atoms with Crippen molar-refractivity contribution in [3.05, 3.63) is 18.5 Å². The maximum absolute atomic E-state index is 12.5. The lowest BCUT2D eigenvalue weighted by atomic mass is 10.0. The van der Waals surface area contributed by atoms with Gasteiger partial charge in [0.1, 0.15) is 0 Å². The fraction of sp³-hybridized carbons (Fsp3) is 0.667. The summed E-state index contributed by atoms with van der Waals surface area (Å²) in [6, 6.07) is 0.799. The Morgan fingerprint density at radius 2 is 1.83 bits per heavy atom. The number of carbonyl (C=O) groups excluding carboxylic acids is 2. The van der Waals surface area contributed by atoms with Crippen molar-refractivity contribution in [2.45, 2.75) is 43.0 Å². The predicted molar refractivity (Wildman–Crippen MR) is 106 cm³/mol. The Balaban J connectivity index is 1.19. The molecule has 158 valence electrons. The number of hydrogen-bond donors (Lipinski definition) is 2. The molecule has 0 saturated carbocycles. The first-order chi connectivity index (χ1) is 13.9. The quantitative estimate of drug-likeness (QED) is 0.469. The molecule has 3 aliphatic heterocycles. The molecule has 10 nitrogen and oxygen atoms in total. The Hall–Kier alpha value is -2.43. The van der Waals surface area contributed by atoms with E-state index in [4.69, 9.17) is 0 Å². The number of carbonyl (C=O) groups is 2. The first kappa shape index (κ1) is 19.9. The van der Waals surface area contributed by atoms with Crippen LogP contribution in [0.1, 0.15) is 25.7 Å². The summed E-state index contributed by atoms with van der Waals surface area (Å²) in [5.74, 6) is 0.779. The number of unbranched alkanes of at least 4 members (excludes halogenated alkanes) is 1. The minimum Gasteiger partial charge on any atom is -0.339 e. The number of amides is 3. The molecule has 4 heterocycles. The fourth-order valence-electron chi connectivity index (χ4n) is 4.40. The molecular weight excluding hydrogens is 396 g/mol. The van der Waals surface area contributed by atoms with Crippen LogP contribution >= 0.6 is 0 Å². The van der Waals surface area contributed by atoms with Gasteiger partial charge in [-0.2, -0.15) is 0 Å². The predicted octanol–water partition coefficient (Wildman–Crippen LogP) is -0.467. The van der Waals surface area contributed by atoms with Crippen molar-refractivity contribution in [1.82, 2.24) is 25.5 Å². The van der Waals surface area contributed by atoms with E-state index in [1.165, 1.54) is 0 Å². The molecule has 2 N–H and O–H groups in total. The van der Waals surface area contributed by atoms with Crippen LogP contribution in [0.15, 0.2) is 18.5 Å². The third-order valence-electron chi connectivity index (χ3n) is 5.92. The van der Waals surface area contributed by atoms with Crippen molar-refractivity contribution in [1.29, 1.82) is 0 Å². The highest BCUT2D eigenvalue weighted by atomic mass is 32.2. The van der Waals surface area contributed by atoms with E-state index in [0.717, 1.165) is 0 Å². The Labute approximate surface area is 170 Å². The van der Waals surface area contributed by atoms with E-state index in [9.17, 15) is 18.0 Å². The average molecular weight is 423 g/mol. The minimum atomic E-state index is -3.21. The van der Waals surface area contributed by atoms with Gasteiger partial charge in [0.05, 0.1) is 23.1 Å². The van der Waals surface area contributed by atoms with Gasteiger partial charge in [0.25, 0.3) is 0 Å². The molecule has 4 rings (SSSR count). The fourth-order valence-corrected chi connectivity index (χ4v) is 6.66. The van der Waals surface area contributed by atoms with Crippen molar-refractivity contribution in [3.8, 4) is 0 Å². The van der Waals surface area contributed by atoms with Gasteiger partial charge in [0.2, 0.25) is 11.9 Å². The molecule has 0 aromatic carbocycles. The Kier molecular flexibility index (Phi) is 5.57. The molecule has 1 aromatic heterocycles. The topological polar surface area (TPSA) is 125 Å². The molecule has 11 heteroatoms. The van der Waals surface area contributed by atoms with Crippen LogP contribution in [0.5, 0.6) is 0 Å². The SMILES string of the molecule is O=C1N[C@@H]2[C@@H](CCCCC(=O)N3CCN(c4ncccn4)CC3)S(=O)(=O)C[C@H]2N1. The van der Waals surface area contributed by atoms with Crippen LogP contribution in [0.25, 0.3) is 0 Å². The Morgan fingerprint density at radius 1 is 1.10 bits per heavy atom. The van der Waals surface area contributed by atoms with Crippen LogP contribution in [0.2, 0.25) is 0 Å². The largest absolute Gasteiger partial charge is 0.339 e. The number of hydrogen-bond acceptors (Lipinski definition) is 7. The van der Waals surface area contributed by atoms with E-state index in [-0.39, 0.29) is 29.8 Å². The summed E-state index contributed by atoms with van der Waals surface area (Å²) < 4.78 is 24.6. The zero-order valence-electron chi connectivity index (χ0n) is 16.2. The molecule has 29 heavy (non-hydrogen) atoms. The number of nitrogens with one attached hydrogen (secondary N) is 2. The number of rotatable bonds is 6. The number of nitrogens with zero attached hydrogens (tertiary/aromatic N) is 4. The van der Waals surface area contributed by atoms with Crippen molar-refractivity contribution in [2.24, 2.45) is 0 Å². The van der Waals surface area contributed by atoms with Gasteiger partial charge in [-0.05, 0) is 18.9 Å². The Bertz CT molecular complexity index is 856. The zero-order chi connectivity index (χ0) is 20.4. The monoisotopic (exact) mass is 422 g/mol. The molecule has 1 aromatic rings. The van der Waals surface area contributed by atoms with E-state index in [2.05, 4.69) is 25.5 Å². The van der Waals surface area contributed by atoms with E-state index in [1.54, 1.807) is 18.5 Å². The van der Waals surface area contributed by atoms with Crippen LogP contribution in [0, 0.1) is 0 Å². The van der Waals surface area contributed by atoms with Gasteiger partial charge >= 0.3 is 6.03 Å². The standard InChI is InChI=1S/C18H26N6O4S/c25-15(23-8-10-24(11-9-23)17-19-6-3-7-20-17)5-2-1-4-14-16-13(12-29(14,27)28)21-18(26)22-16/h3,6-7,13-14,16H,1-2,4-5,8-12H2,(H2,21,22,26)/t13-,14-,16+/m1/s1. The van der Waals surface area contributed by atoms with Gasteiger partial charge < -0.3 is 20.4 Å². The number of piperazine rings is 1. The number of urea groups is 1. The highest BCUT2D eigenvalue weighted by molar-refractivity contribution is 7.92. The van der Waals surface area contributed by atoms with Gasteiger partial charge in [-0.1, -0.05) is 6.42 Å². The van der Waals surface area contributed by atoms with Gasteiger partial charge in [-0.25, -0.2) is 23.2 Å². The molecule has 3 aliphatic rings. The molecular formula is C18H26N6O4S. The molecule has 3 saturated heterocycles. The smallest absolute Gasteiger partial charge is 0.315 e. The van der Waals surface area contributed by atoms with Crippen LogP contribution in [-0.4, -0.2) is 84.5 Å². The number of aromatic nitrogens is 2. The van der Waals surface area contributed by atoms with E-state index in [0.29, 0.717) is 57.8 Å². The van der Waals surface area contributed by atoms with Crippen molar-refractivity contribution in [2.75, 3.05) is 36.8 Å². The number of sulfone groups is 1. The summed E-state index contributed by atoms with van der Waals surface area (Å²) in [5.41, 5.74) is 0. The normalized spacial score (nSPS) is 28.0. The van der Waals surface area contributed by atoms with E-state index < -0.39 is 15.1 Å². The third kappa shape index (κ3) is 4.29. The molecule has 0 bridgehead atoms. The van der Waals surface area contributed by atoms with Gasteiger partial charge in [-0.3, -0.25) is 4.79 Å². The third-order valence-corrected chi connectivity index (χ3v) is 8.19. The van der Waals surface area contributed by atoms with Crippen molar-refractivity contribution < 1.29 is 18.0 Å². The molecule has 3 fully saturated rings. The first-order valence-corrected chi connectivity index (χ1v) is 11.7. The molecule has 0 unspecified atom stereocenters. The number of fused-ring (bicyclic) bond motifs is 1. The van der Waals surface area contributed by atoms with Crippen LogP contribution < -0.4 is 15.5 Å². The second-order valence-electron chi connectivity index (χ2n) is 7.78. The highest BCUT2D eigenvalue weighted by Gasteiger charge is 2.51. The molecule has 0 spiro atoms. The van der Waals surface area contributed by atoms with E-state index in [1.807, 2.05) is 4.90 Å². The summed E-state index contributed by atoms with van der Waals surface area (Å²) in [6.07, 6.45) is 5.59. The summed E-state index contributed by atoms with van der Waals surface area (Å²) in [7, 11) is -3.21. The maximum atomic E-state index is 12.5. The van der Waals surface area contributed by atoms with Gasteiger partial charge in [0.15, 0.2) is 9.84 Å². The van der Waals surface area contributed by atoms with Crippen LogP contribution in [0.4, 0.5) is 10.7 Å². The molecule has 0 radical (unpaired) electrons. The lowest BCUT2D eigenvalue weighted by molar-refractivity contribution is -0.131. The minimum absolute atomic E-state index is 0.00455. The van der Waals surface area contributed by atoms with Crippen LogP contribution in [0.3, 0.4) is 0 Å². The summed E-state index contributed by atoms with van der Waals surface area (Å²) in [6.45, 7) is 2.67. The van der Waals surface area contributed by atoms with Crippen LogP contribution in [-0.2, 0) is 14.6 Å². The lowest BCUT2D eigenvalue weighted by Crippen LogP contribution is -2.49. The summed E-state index contributed by atoms with van der Waals surface area (Å²) in [5, 5.41) is 4.83. The number of anilines is 1. The molecule has 3 amide bonds. The highest BCUT2D eigenvalue weighted by Crippen LogP contribution is 2.28. The average Bonchev–Trinajstić information content (AvgIpc) is 3.17. The zero-order valence-corrected chi connectivity index (χ0v) is 17.0. The maximum Gasteiger partial charge on any atom is 0.315 e. The second-order valence-corrected chi connectivity index (χ2v) is 10.0. The molecule has 0 aliphatic carbocycles.